The summed E-state index contributed by atoms with van der Waals surface area (Å²) in [6, 6.07) is 7.68. The molecule has 3 aromatic rings. The van der Waals surface area contributed by atoms with Gasteiger partial charge < -0.3 is 4.57 Å². The first-order valence-electron chi connectivity index (χ1n) is 6.84. The number of hydrogen-bond donors (Lipinski definition) is 0. The van der Waals surface area contributed by atoms with Gasteiger partial charge in [-0.25, -0.2) is 8.42 Å². The van der Waals surface area contributed by atoms with Gasteiger partial charge in [-0.05, 0) is 29.6 Å². The zero-order chi connectivity index (χ0) is 18.2. The molecule has 0 atom stereocenters. The van der Waals surface area contributed by atoms with Gasteiger partial charge in [0.05, 0.1) is 21.7 Å². The van der Waals surface area contributed by atoms with Crippen molar-refractivity contribution in [3.8, 4) is 12.3 Å². The van der Waals surface area contributed by atoms with Gasteiger partial charge in [-0.15, -0.1) is 22.2 Å². The topological polar surface area (TPSA) is 85.6 Å². The fourth-order valence-corrected chi connectivity index (χ4v) is 6.12. The molecule has 0 radical (unpaired) electrons. The molecule has 0 spiro atoms. The van der Waals surface area contributed by atoms with Crippen LogP contribution < -0.4 is 4.80 Å². The van der Waals surface area contributed by atoms with E-state index in [-0.39, 0.29) is 20.5 Å². The number of sulfone groups is 1. The fraction of sp³-hybridized carbons (Fsp3) is 0.133. The summed E-state index contributed by atoms with van der Waals surface area (Å²) < 4.78 is 54.5. The first-order chi connectivity index (χ1) is 11.7. The van der Waals surface area contributed by atoms with Crippen LogP contribution in [0.5, 0.6) is 0 Å². The highest BCUT2D eigenvalue weighted by molar-refractivity contribution is 7.92. The predicted octanol–water partition coefficient (Wildman–Crippen LogP) is 2.09. The molecule has 0 saturated heterocycles. The standard InChI is InChI=1S/C15H12N2O4S4/c1-3-8-17-12-7-6-11(24(2,18)19)10-13(12)23-15(17)16-25(20,21)14-5-4-9-22-14/h1,4-7,9-10H,8H2,2H3/b16-15-. The Hall–Kier alpha value is -1.93. The van der Waals surface area contributed by atoms with E-state index >= 15 is 0 Å². The van der Waals surface area contributed by atoms with E-state index in [1.165, 1.54) is 18.2 Å². The van der Waals surface area contributed by atoms with Gasteiger partial charge >= 0.3 is 0 Å². The van der Waals surface area contributed by atoms with Crippen molar-refractivity contribution in [3.63, 3.8) is 0 Å². The average Bonchev–Trinajstić information content (AvgIpc) is 3.15. The van der Waals surface area contributed by atoms with Crippen LogP contribution >= 0.6 is 22.7 Å². The molecule has 0 aliphatic rings. The van der Waals surface area contributed by atoms with Crippen LogP contribution in [0.15, 0.2) is 49.2 Å². The second-order valence-electron chi connectivity index (χ2n) is 5.08. The minimum Gasteiger partial charge on any atom is -0.304 e. The maximum Gasteiger partial charge on any atom is 0.294 e. The Morgan fingerprint density at radius 3 is 2.60 bits per heavy atom. The van der Waals surface area contributed by atoms with Gasteiger partial charge in [0.1, 0.15) is 4.21 Å². The minimum atomic E-state index is -3.85. The first-order valence-corrected chi connectivity index (χ1v) is 11.9. The first kappa shape index (κ1) is 17.9. The van der Waals surface area contributed by atoms with Crippen molar-refractivity contribution in [3.05, 3.63) is 40.5 Å². The van der Waals surface area contributed by atoms with Crippen molar-refractivity contribution in [2.24, 2.45) is 4.40 Å². The van der Waals surface area contributed by atoms with Crippen LogP contribution in [0, 0.1) is 12.3 Å². The zero-order valence-electron chi connectivity index (χ0n) is 12.9. The maximum atomic E-state index is 12.4. The van der Waals surface area contributed by atoms with Crippen molar-refractivity contribution in [1.29, 1.82) is 0 Å². The largest absolute Gasteiger partial charge is 0.304 e. The Kier molecular flexibility index (Phi) is 4.59. The summed E-state index contributed by atoms with van der Waals surface area (Å²) in [5, 5.41) is 1.65. The molecular weight excluding hydrogens is 400 g/mol. The molecule has 0 N–H and O–H groups in total. The highest BCUT2D eigenvalue weighted by atomic mass is 32.2. The summed E-state index contributed by atoms with van der Waals surface area (Å²) in [6.45, 7) is 0.122. The SMILES string of the molecule is C#CCn1/c(=N/S(=O)(=O)c2cccs2)sc2cc(S(C)(=O)=O)ccc21. The smallest absolute Gasteiger partial charge is 0.294 e. The van der Waals surface area contributed by atoms with Crippen LogP contribution in [-0.2, 0) is 26.4 Å². The quantitative estimate of drug-likeness (QED) is 0.614. The van der Waals surface area contributed by atoms with Gasteiger partial charge in [0, 0.05) is 6.26 Å². The Balaban J connectivity index is 2.30. The van der Waals surface area contributed by atoms with E-state index in [4.69, 9.17) is 6.42 Å². The molecule has 0 fully saturated rings. The van der Waals surface area contributed by atoms with Gasteiger partial charge in [-0.1, -0.05) is 23.3 Å². The molecule has 0 bridgehead atoms. The lowest BCUT2D eigenvalue weighted by molar-refractivity contribution is 0.597. The summed E-state index contributed by atoms with van der Waals surface area (Å²) in [4.78, 5) is 0.355. The molecular formula is C15H12N2O4S4. The number of terminal acetylenes is 1. The highest BCUT2D eigenvalue weighted by Crippen LogP contribution is 2.23. The number of benzene rings is 1. The van der Waals surface area contributed by atoms with Crippen LogP contribution in [-0.4, -0.2) is 27.7 Å². The molecule has 0 aliphatic carbocycles. The Morgan fingerprint density at radius 1 is 1.24 bits per heavy atom. The van der Waals surface area contributed by atoms with E-state index in [0.29, 0.717) is 10.2 Å². The molecule has 1 aromatic carbocycles. The number of fused-ring (bicyclic) bond motifs is 1. The van der Waals surface area contributed by atoms with E-state index in [0.717, 1.165) is 28.9 Å². The summed E-state index contributed by atoms with van der Waals surface area (Å²) in [6.07, 6.45) is 6.50. The van der Waals surface area contributed by atoms with E-state index in [9.17, 15) is 16.8 Å². The van der Waals surface area contributed by atoms with Gasteiger partial charge in [0.25, 0.3) is 10.0 Å². The van der Waals surface area contributed by atoms with Crippen molar-refractivity contribution >= 4 is 52.8 Å². The average molecular weight is 413 g/mol. The zero-order valence-corrected chi connectivity index (χ0v) is 16.2. The molecule has 25 heavy (non-hydrogen) atoms. The van der Waals surface area contributed by atoms with Gasteiger partial charge in [-0.3, -0.25) is 0 Å². The lowest BCUT2D eigenvalue weighted by Gasteiger charge is -2.01. The van der Waals surface area contributed by atoms with E-state index in [1.54, 1.807) is 22.1 Å². The number of sulfonamides is 1. The van der Waals surface area contributed by atoms with Gasteiger partial charge in [0.2, 0.25) is 4.80 Å². The number of rotatable bonds is 4. The van der Waals surface area contributed by atoms with E-state index in [2.05, 4.69) is 10.3 Å². The summed E-state index contributed by atoms with van der Waals surface area (Å²) in [5.74, 6) is 2.47. The molecule has 6 nitrogen and oxygen atoms in total. The molecule has 0 saturated carbocycles. The van der Waals surface area contributed by atoms with Crippen molar-refractivity contribution < 1.29 is 16.8 Å². The second-order valence-corrected chi connectivity index (χ2v) is 10.9. The van der Waals surface area contributed by atoms with E-state index in [1.807, 2.05) is 0 Å². The molecule has 2 heterocycles. The predicted molar refractivity (Wildman–Crippen MR) is 98.8 cm³/mol. The number of thiazole rings is 1. The third kappa shape index (κ3) is 3.55. The third-order valence-corrected chi connectivity index (χ3v) is 8.19. The number of nitrogens with zero attached hydrogens (tertiary/aromatic N) is 2. The van der Waals surface area contributed by atoms with Crippen molar-refractivity contribution in [2.75, 3.05) is 6.26 Å². The molecule has 130 valence electrons. The van der Waals surface area contributed by atoms with Gasteiger partial charge in [-0.2, -0.15) is 8.42 Å². The fourth-order valence-electron chi connectivity index (χ4n) is 2.16. The van der Waals surface area contributed by atoms with Crippen LogP contribution in [0.1, 0.15) is 0 Å². The Bertz CT molecular complexity index is 1260. The Morgan fingerprint density at radius 2 is 2.00 bits per heavy atom. The maximum absolute atomic E-state index is 12.4. The van der Waals surface area contributed by atoms with Crippen molar-refractivity contribution in [1.82, 2.24) is 4.57 Å². The van der Waals surface area contributed by atoms with Crippen molar-refractivity contribution in [2.45, 2.75) is 15.6 Å². The van der Waals surface area contributed by atoms with Crippen LogP contribution in [0.2, 0.25) is 0 Å². The number of aromatic nitrogens is 1. The number of thiophene rings is 1. The molecule has 3 rings (SSSR count). The van der Waals surface area contributed by atoms with Gasteiger partial charge in [0.15, 0.2) is 9.84 Å². The molecule has 0 amide bonds. The number of hydrogen-bond acceptors (Lipinski definition) is 6. The molecule has 2 aromatic heterocycles. The monoisotopic (exact) mass is 412 g/mol. The lowest BCUT2D eigenvalue weighted by Crippen LogP contribution is -2.16. The third-order valence-electron chi connectivity index (χ3n) is 3.28. The van der Waals surface area contributed by atoms with E-state index < -0.39 is 19.9 Å². The minimum absolute atomic E-state index is 0.122. The summed E-state index contributed by atoms with van der Waals surface area (Å²) in [5.41, 5.74) is 0.635. The highest BCUT2D eigenvalue weighted by Gasteiger charge is 2.16. The molecule has 0 unspecified atom stereocenters. The molecule has 10 heteroatoms. The normalized spacial score (nSPS) is 13.2. The second kappa shape index (κ2) is 6.42. The molecule has 0 aliphatic heterocycles. The van der Waals surface area contributed by atoms with Crippen LogP contribution in [0.4, 0.5) is 0 Å². The van der Waals surface area contributed by atoms with Crippen LogP contribution in [0.3, 0.4) is 0 Å². The lowest BCUT2D eigenvalue weighted by atomic mass is 10.3. The van der Waals surface area contributed by atoms with Crippen LogP contribution in [0.25, 0.3) is 10.2 Å². The summed E-state index contributed by atoms with van der Waals surface area (Å²) >= 11 is 2.16. The Labute approximate surface area is 153 Å². The summed E-state index contributed by atoms with van der Waals surface area (Å²) in [7, 11) is -7.22.